The van der Waals surface area contributed by atoms with Gasteiger partial charge >= 0.3 is 0 Å². The third-order valence-electron chi connectivity index (χ3n) is 3.44. The Hall–Kier alpha value is -1.26. The molecule has 0 N–H and O–H groups in total. The van der Waals surface area contributed by atoms with E-state index in [4.69, 9.17) is 6.42 Å². The number of terminal acetylenes is 1. The van der Waals surface area contributed by atoms with Crippen molar-refractivity contribution < 1.29 is 0 Å². The highest BCUT2D eigenvalue weighted by Gasteiger charge is 2.27. The van der Waals surface area contributed by atoms with E-state index in [1.54, 1.807) is 0 Å². The summed E-state index contributed by atoms with van der Waals surface area (Å²) in [5, 5.41) is 0. The second-order valence-electron chi connectivity index (χ2n) is 4.26. The quantitative estimate of drug-likeness (QED) is 0.662. The van der Waals surface area contributed by atoms with Crippen LogP contribution in [0, 0.1) is 12.3 Å². The van der Waals surface area contributed by atoms with Gasteiger partial charge in [-0.25, -0.2) is 0 Å². The van der Waals surface area contributed by atoms with Crippen LogP contribution in [0.3, 0.4) is 0 Å². The summed E-state index contributed by atoms with van der Waals surface area (Å²) in [6, 6.07) is 9.40. The molecule has 0 saturated heterocycles. The number of benzene rings is 1. The van der Waals surface area contributed by atoms with Crippen LogP contribution in [0.5, 0.6) is 0 Å². The molecule has 1 aliphatic rings. The Labute approximate surface area is 92.1 Å². The number of nitrogens with zero attached hydrogens (tertiary/aromatic N) is 1. The van der Waals surface area contributed by atoms with Crippen LogP contribution >= 0.6 is 0 Å². The van der Waals surface area contributed by atoms with E-state index >= 15 is 0 Å². The molecule has 0 spiro atoms. The molecule has 0 radical (unpaired) electrons. The summed E-state index contributed by atoms with van der Waals surface area (Å²) in [5.74, 6) is 2.80. The van der Waals surface area contributed by atoms with Crippen LogP contribution in [-0.2, 0) is 6.42 Å². The van der Waals surface area contributed by atoms with Gasteiger partial charge in [-0.15, -0.1) is 6.42 Å². The van der Waals surface area contributed by atoms with Crippen LogP contribution in [0.15, 0.2) is 24.3 Å². The fraction of sp³-hybridized carbons (Fsp3) is 0.429. The maximum Gasteiger partial charge on any atom is 0.0685 e. The first-order chi connectivity index (χ1) is 7.24. The molecule has 0 aliphatic heterocycles. The topological polar surface area (TPSA) is 3.24 Å². The molecule has 0 fully saturated rings. The van der Waals surface area contributed by atoms with Crippen LogP contribution < -0.4 is 0 Å². The smallest absolute Gasteiger partial charge is 0.0685 e. The molecule has 2 unspecified atom stereocenters. The van der Waals surface area contributed by atoms with Gasteiger partial charge in [-0.1, -0.05) is 30.2 Å². The van der Waals surface area contributed by atoms with Crippen molar-refractivity contribution in [3.05, 3.63) is 35.4 Å². The highest BCUT2D eigenvalue weighted by atomic mass is 15.2. The summed E-state index contributed by atoms with van der Waals surface area (Å²) < 4.78 is 0. The highest BCUT2D eigenvalue weighted by molar-refractivity contribution is 5.34. The first-order valence-electron chi connectivity index (χ1n) is 5.50. The number of hydrogen-bond acceptors (Lipinski definition) is 1. The molecule has 1 heteroatoms. The first kappa shape index (κ1) is 10.3. The standard InChI is InChI=1S/C14H17N/c1-4-11(2)15(3)14-10-9-12-7-5-6-8-13(12)14/h1,5-8,11,14H,9-10H2,2-3H3. The first-order valence-corrected chi connectivity index (χ1v) is 5.50. The molecule has 1 aliphatic carbocycles. The molecule has 2 rings (SSSR count). The van der Waals surface area contributed by atoms with Crippen molar-refractivity contribution in [3.8, 4) is 12.3 Å². The maximum atomic E-state index is 5.47. The molecule has 78 valence electrons. The highest BCUT2D eigenvalue weighted by Crippen LogP contribution is 2.35. The molecule has 0 heterocycles. The molecular formula is C14H17N. The molecule has 0 saturated carbocycles. The average molecular weight is 199 g/mol. The lowest BCUT2D eigenvalue weighted by atomic mass is 10.1. The summed E-state index contributed by atoms with van der Waals surface area (Å²) in [5.41, 5.74) is 2.95. The number of fused-ring (bicyclic) bond motifs is 1. The molecule has 2 atom stereocenters. The predicted octanol–water partition coefficient (Wildman–Crippen LogP) is 2.63. The summed E-state index contributed by atoms with van der Waals surface area (Å²) in [6.07, 6.45) is 7.85. The maximum absolute atomic E-state index is 5.47. The van der Waals surface area contributed by atoms with E-state index in [1.165, 1.54) is 24.0 Å². The second-order valence-corrected chi connectivity index (χ2v) is 4.26. The molecule has 1 aromatic carbocycles. The fourth-order valence-electron chi connectivity index (χ4n) is 2.35. The Kier molecular flexibility index (Phi) is 2.79. The number of rotatable bonds is 2. The zero-order valence-corrected chi connectivity index (χ0v) is 9.40. The molecule has 1 aromatic rings. The largest absolute Gasteiger partial charge is 0.286 e. The van der Waals surface area contributed by atoms with Gasteiger partial charge in [0.2, 0.25) is 0 Å². The summed E-state index contributed by atoms with van der Waals surface area (Å²) in [4.78, 5) is 2.30. The van der Waals surface area contributed by atoms with Crippen LogP contribution in [0.2, 0.25) is 0 Å². The third-order valence-corrected chi connectivity index (χ3v) is 3.44. The van der Waals surface area contributed by atoms with Crippen molar-refractivity contribution in [1.82, 2.24) is 4.90 Å². The van der Waals surface area contributed by atoms with E-state index in [1.807, 2.05) is 0 Å². The Morgan fingerprint density at radius 3 is 2.93 bits per heavy atom. The molecular weight excluding hydrogens is 182 g/mol. The second kappa shape index (κ2) is 4.08. The Balaban J connectivity index is 2.25. The van der Waals surface area contributed by atoms with Crippen LogP contribution in [0.25, 0.3) is 0 Å². The van der Waals surface area contributed by atoms with Crippen LogP contribution in [0.4, 0.5) is 0 Å². The Morgan fingerprint density at radius 1 is 1.47 bits per heavy atom. The van der Waals surface area contributed by atoms with E-state index in [0.29, 0.717) is 6.04 Å². The minimum Gasteiger partial charge on any atom is -0.286 e. The van der Waals surface area contributed by atoms with Gasteiger partial charge in [-0.2, -0.15) is 0 Å². The van der Waals surface area contributed by atoms with E-state index < -0.39 is 0 Å². The lowest BCUT2D eigenvalue weighted by molar-refractivity contribution is 0.219. The van der Waals surface area contributed by atoms with Crippen molar-refractivity contribution in [2.24, 2.45) is 0 Å². The van der Waals surface area contributed by atoms with Gasteiger partial charge < -0.3 is 0 Å². The van der Waals surface area contributed by atoms with Crippen molar-refractivity contribution in [1.29, 1.82) is 0 Å². The number of aryl methyl sites for hydroxylation is 1. The molecule has 0 amide bonds. The van der Waals surface area contributed by atoms with E-state index in [-0.39, 0.29) is 6.04 Å². The molecule has 0 bridgehead atoms. The molecule has 1 nitrogen and oxygen atoms in total. The van der Waals surface area contributed by atoms with Crippen molar-refractivity contribution >= 4 is 0 Å². The summed E-state index contributed by atoms with van der Waals surface area (Å²) in [6.45, 7) is 2.08. The van der Waals surface area contributed by atoms with Gasteiger partial charge in [0, 0.05) is 6.04 Å². The Bertz CT molecular complexity index is 389. The molecule has 0 aromatic heterocycles. The van der Waals surface area contributed by atoms with Gasteiger partial charge in [-0.05, 0) is 37.9 Å². The van der Waals surface area contributed by atoms with Gasteiger partial charge in [0.1, 0.15) is 0 Å². The minimum atomic E-state index is 0.209. The van der Waals surface area contributed by atoms with Crippen molar-refractivity contribution in [3.63, 3.8) is 0 Å². The Morgan fingerprint density at radius 2 is 2.20 bits per heavy atom. The van der Waals surface area contributed by atoms with Crippen LogP contribution in [0.1, 0.15) is 30.5 Å². The van der Waals surface area contributed by atoms with E-state index in [2.05, 4.69) is 49.1 Å². The monoisotopic (exact) mass is 199 g/mol. The average Bonchev–Trinajstić information content (AvgIpc) is 2.70. The minimum absolute atomic E-state index is 0.209. The lowest BCUT2D eigenvalue weighted by Gasteiger charge is -2.28. The zero-order chi connectivity index (χ0) is 10.8. The van der Waals surface area contributed by atoms with Gasteiger partial charge in [0.25, 0.3) is 0 Å². The molecule has 15 heavy (non-hydrogen) atoms. The third kappa shape index (κ3) is 1.78. The predicted molar refractivity (Wildman–Crippen MR) is 63.6 cm³/mol. The van der Waals surface area contributed by atoms with E-state index in [0.717, 1.165) is 0 Å². The van der Waals surface area contributed by atoms with Crippen molar-refractivity contribution in [2.75, 3.05) is 7.05 Å². The summed E-state index contributed by atoms with van der Waals surface area (Å²) >= 11 is 0. The van der Waals surface area contributed by atoms with E-state index in [9.17, 15) is 0 Å². The van der Waals surface area contributed by atoms with Crippen LogP contribution in [-0.4, -0.2) is 18.0 Å². The lowest BCUT2D eigenvalue weighted by Crippen LogP contribution is -2.30. The zero-order valence-electron chi connectivity index (χ0n) is 9.40. The normalized spacial score (nSPS) is 21.1. The SMILES string of the molecule is C#CC(C)N(C)C1CCc2ccccc21. The summed E-state index contributed by atoms with van der Waals surface area (Å²) in [7, 11) is 2.12. The number of hydrogen-bond donors (Lipinski definition) is 0. The van der Waals surface area contributed by atoms with Gasteiger partial charge in [-0.3, -0.25) is 4.90 Å². The van der Waals surface area contributed by atoms with Crippen molar-refractivity contribution in [2.45, 2.75) is 31.8 Å². The van der Waals surface area contributed by atoms with Gasteiger partial charge in [0.05, 0.1) is 6.04 Å². The van der Waals surface area contributed by atoms with Gasteiger partial charge in [0.15, 0.2) is 0 Å². The fourth-order valence-corrected chi connectivity index (χ4v) is 2.35.